The van der Waals surface area contributed by atoms with Crippen LogP contribution in [0.4, 0.5) is 13.2 Å². The summed E-state index contributed by atoms with van der Waals surface area (Å²) in [6.07, 6.45) is -5.24. The molecule has 0 aromatic carbocycles. The summed E-state index contributed by atoms with van der Waals surface area (Å²) < 4.78 is 38.6. The van der Waals surface area contributed by atoms with Crippen LogP contribution in [0.3, 0.4) is 0 Å². The molecule has 3 unspecified atom stereocenters. The van der Waals surface area contributed by atoms with Gasteiger partial charge in [0.1, 0.15) is 0 Å². The second kappa shape index (κ2) is 3.96. The molecule has 2 amide bonds. The van der Waals surface area contributed by atoms with E-state index >= 15 is 0 Å². The molecule has 0 radical (unpaired) electrons. The lowest BCUT2D eigenvalue weighted by Crippen LogP contribution is -2.64. The first-order valence-electron chi connectivity index (χ1n) is 5.14. The lowest BCUT2D eigenvalue weighted by Gasteiger charge is -2.35. The average Bonchev–Trinajstić information content (AvgIpc) is 2.41. The van der Waals surface area contributed by atoms with Gasteiger partial charge >= 0.3 is 12.1 Å². The molecule has 0 spiro atoms. The number of amides is 2. The average molecular weight is 267 g/mol. The molecule has 5 nitrogen and oxygen atoms in total. The number of likely N-dealkylation sites (tertiary alicyclic amines) is 1. The molecule has 0 saturated carbocycles. The van der Waals surface area contributed by atoms with Crippen LogP contribution in [0.1, 0.15) is 20.8 Å². The summed E-state index contributed by atoms with van der Waals surface area (Å²) >= 11 is 0. The molecule has 102 valence electrons. The van der Waals surface area contributed by atoms with E-state index in [1.54, 1.807) is 0 Å². The Morgan fingerprint density at radius 1 is 1.17 bits per heavy atom. The maximum Gasteiger partial charge on any atom is 0.422 e. The van der Waals surface area contributed by atoms with Crippen molar-refractivity contribution in [2.24, 2.45) is 11.8 Å². The number of carbonyl (C=O) groups is 3. The van der Waals surface area contributed by atoms with Crippen LogP contribution in [-0.2, 0) is 14.4 Å². The van der Waals surface area contributed by atoms with E-state index in [2.05, 4.69) is 0 Å². The third-order valence-electron chi connectivity index (χ3n) is 3.39. The molecule has 0 bridgehead atoms. The number of nitrogens with zero attached hydrogens (tertiary/aromatic N) is 1. The Kier molecular flexibility index (Phi) is 3.18. The SMILES string of the molecule is CC1C(=O)N(C(C)(C(=O)O)C(F)(F)F)C(=O)C1C. The molecule has 1 saturated heterocycles. The Labute approximate surface area is 101 Å². The van der Waals surface area contributed by atoms with Crippen molar-refractivity contribution in [3.8, 4) is 0 Å². The van der Waals surface area contributed by atoms with Crippen LogP contribution in [0.2, 0.25) is 0 Å². The zero-order valence-corrected chi connectivity index (χ0v) is 9.91. The van der Waals surface area contributed by atoms with E-state index in [0.29, 0.717) is 6.92 Å². The number of hydrogen-bond donors (Lipinski definition) is 1. The van der Waals surface area contributed by atoms with Crippen LogP contribution in [-0.4, -0.2) is 39.5 Å². The van der Waals surface area contributed by atoms with Gasteiger partial charge in [-0.1, -0.05) is 13.8 Å². The van der Waals surface area contributed by atoms with Crippen LogP contribution >= 0.6 is 0 Å². The maximum absolute atomic E-state index is 12.9. The fourth-order valence-corrected chi connectivity index (χ4v) is 1.73. The molecule has 1 aliphatic rings. The van der Waals surface area contributed by atoms with Gasteiger partial charge in [-0.2, -0.15) is 13.2 Å². The highest BCUT2D eigenvalue weighted by molar-refractivity contribution is 6.08. The number of carbonyl (C=O) groups excluding carboxylic acids is 2. The van der Waals surface area contributed by atoms with Crippen molar-refractivity contribution in [1.29, 1.82) is 0 Å². The van der Waals surface area contributed by atoms with Gasteiger partial charge in [0, 0.05) is 11.8 Å². The highest BCUT2D eigenvalue weighted by atomic mass is 19.4. The summed E-state index contributed by atoms with van der Waals surface area (Å²) in [6.45, 7) is 2.91. The normalized spacial score (nSPS) is 28.4. The molecule has 1 aliphatic heterocycles. The van der Waals surface area contributed by atoms with E-state index < -0.39 is 41.3 Å². The van der Waals surface area contributed by atoms with Crippen molar-refractivity contribution in [3.63, 3.8) is 0 Å². The first-order chi connectivity index (χ1) is 7.96. The smallest absolute Gasteiger partial charge is 0.422 e. The Hall–Kier alpha value is -1.60. The van der Waals surface area contributed by atoms with Gasteiger partial charge in [-0.05, 0) is 6.92 Å². The van der Waals surface area contributed by atoms with Gasteiger partial charge in [0.05, 0.1) is 0 Å². The maximum atomic E-state index is 12.9. The number of aliphatic carboxylic acids is 1. The van der Waals surface area contributed by atoms with Gasteiger partial charge in [-0.25, -0.2) is 4.79 Å². The van der Waals surface area contributed by atoms with Crippen molar-refractivity contribution in [3.05, 3.63) is 0 Å². The number of rotatable bonds is 2. The van der Waals surface area contributed by atoms with Gasteiger partial charge in [-0.15, -0.1) is 0 Å². The zero-order valence-electron chi connectivity index (χ0n) is 9.91. The summed E-state index contributed by atoms with van der Waals surface area (Å²) in [5.74, 6) is -6.43. The molecule has 3 atom stereocenters. The van der Waals surface area contributed by atoms with Crippen molar-refractivity contribution in [1.82, 2.24) is 4.90 Å². The van der Waals surface area contributed by atoms with Crippen LogP contribution in [0.25, 0.3) is 0 Å². The van der Waals surface area contributed by atoms with E-state index in [0.717, 1.165) is 0 Å². The molecule has 1 N–H and O–H groups in total. The molecule has 0 aromatic heterocycles. The summed E-state index contributed by atoms with van der Waals surface area (Å²) in [5.41, 5.74) is -3.53. The van der Waals surface area contributed by atoms with E-state index in [4.69, 9.17) is 5.11 Å². The molecule has 8 heteroatoms. The molecular formula is C10H12F3NO4. The van der Waals surface area contributed by atoms with Gasteiger partial charge in [0.2, 0.25) is 17.4 Å². The first kappa shape index (κ1) is 14.5. The van der Waals surface area contributed by atoms with Crippen LogP contribution in [0.15, 0.2) is 0 Å². The van der Waals surface area contributed by atoms with Gasteiger partial charge in [0.25, 0.3) is 0 Å². The fraction of sp³-hybridized carbons (Fsp3) is 0.700. The number of carboxylic acids is 1. The number of halogens is 3. The van der Waals surface area contributed by atoms with Crippen LogP contribution in [0.5, 0.6) is 0 Å². The van der Waals surface area contributed by atoms with Crippen LogP contribution in [0, 0.1) is 11.8 Å². The Bertz CT molecular complexity index is 400. The van der Waals surface area contributed by atoms with Crippen molar-refractivity contribution < 1.29 is 32.7 Å². The molecule has 1 fully saturated rings. The molecule has 1 heterocycles. The first-order valence-corrected chi connectivity index (χ1v) is 5.14. The van der Waals surface area contributed by atoms with Gasteiger partial charge < -0.3 is 5.11 Å². The van der Waals surface area contributed by atoms with Crippen molar-refractivity contribution >= 4 is 17.8 Å². The lowest BCUT2D eigenvalue weighted by molar-refractivity contribution is -0.230. The predicted molar refractivity (Wildman–Crippen MR) is 52.3 cm³/mol. The minimum absolute atomic E-state index is 0.176. The minimum atomic E-state index is -5.24. The quantitative estimate of drug-likeness (QED) is 0.758. The topological polar surface area (TPSA) is 74.7 Å². The second-order valence-corrected chi connectivity index (χ2v) is 4.46. The van der Waals surface area contributed by atoms with E-state index in [9.17, 15) is 27.6 Å². The molecule has 0 aliphatic carbocycles. The lowest BCUT2D eigenvalue weighted by atomic mass is 9.99. The Morgan fingerprint density at radius 3 is 1.72 bits per heavy atom. The minimum Gasteiger partial charge on any atom is -0.479 e. The van der Waals surface area contributed by atoms with E-state index in [1.807, 2.05) is 0 Å². The largest absolute Gasteiger partial charge is 0.479 e. The Morgan fingerprint density at radius 2 is 1.50 bits per heavy atom. The third-order valence-corrected chi connectivity index (χ3v) is 3.39. The number of hydrogen-bond acceptors (Lipinski definition) is 3. The fourth-order valence-electron chi connectivity index (χ4n) is 1.73. The predicted octanol–water partition coefficient (Wildman–Crippen LogP) is 1.03. The highest BCUT2D eigenvalue weighted by Gasteiger charge is 2.67. The standard InChI is InChI=1S/C10H12F3NO4/c1-4-5(2)7(16)14(6(4)15)9(3,8(17)18)10(11,12)13/h4-5H,1-3H3,(H,17,18). The third kappa shape index (κ3) is 1.67. The number of carboxylic acid groups (broad SMARTS) is 1. The monoisotopic (exact) mass is 267 g/mol. The van der Waals surface area contributed by atoms with Crippen LogP contribution < -0.4 is 0 Å². The van der Waals surface area contributed by atoms with E-state index in [-0.39, 0.29) is 4.90 Å². The zero-order chi connectivity index (χ0) is 14.5. The van der Waals surface area contributed by atoms with Gasteiger partial charge in [0.15, 0.2) is 0 Å². The van der Waals surface area contributed by atoms with Crippen molar-refractivity contribution in [2.75, 3.05) is 0 Å². The Balaban J connectivity index is 3.38. The molecule has 1 rings (SSSR count). The second-order valence-electron chi connectivity index (χ2n) is 4.46. The molecular weight excluding hydrogens is 255 g/mol. The number of imide groups is 1. The van der Waals surface area contributed by atoms with Gasteiger partial charge in [-0.3, -0.25) is 14.5 Å². The van der Waals surface area contributed by atoms with E-state index in [1.165, 1.54) is 13.8 Å². The summed E-state index contributed by atoms with van der Waals surface area (Å²) in [6, 6.07) is 0. The molecule has 18 heavy (non-hydrogen) atoms. The highest BCUT2D eigenvalue weighted by Crippen LogP contribution is 2.41. The number of alkyl halides is 3. The van der Waals surface area contributed by atoms with Crippen molar-refractivity contribution in [2.45, 2.75) is 32.5 Å². The summed E-state index contributed by atoms with van der Waals surface area (Å²) in [5, 5.41) is 8.77. The molecule has 0 aromatic rings. The summed E-state index contributed by atoms with van der Waals surface area (Å²) in [7, 11) is 0. The summed E-state index contributed by atoms with van der Waals surface area (Å²) in [4.78, 5) is 34.0.